The molecule has 7 heteroatoms. The zero-order valence-electron chi connectivity index (χ0n) is 17.7. The number of carbonyl (C=O) groups excluding carboxylic acids is 2. The van der Waals surface area contributed by atoms with Gasteiger partial charge in [0.15, 0.2) is 0 Å². The third kappa shape index (κ3) is 3.61. The molecule has 0 saturated carbocycles. The van der Waals surface area contributed by atoms with Crippen LogP contribution in [0, 0.1) is 5.92 Å². The van der Waals surface area contributed by atoms with Crippen LogP contribution >= 0.6 is 0 Å². The maximum atomic E-state index is 12.8. The van der Waals surface area contributed by atoms with E-state index in [1.54, 1.807) is 14.5 Å². The highest BCUT2D eigenvalue weighted by Gasteiger charge is 2.30. The van der Waals surface area contributed by atoms with Crippen molar-refractivity contribution in [1.82, 2.24) is 19.6 Å². The molecule has 0 radical (unpaired) electrons. The summed E-state index contributed by atoms with van der Waals surface area (Å²) in [5.74, 6) is 0.357. The first-order chi connectivity index (χ1) is 13.6. The molecule has 0 aliphatic carbocycles. The van der Waals surface area contributed by atoms with Crippen molar-refractivity contribution in [2.75, 3.05) is 20.1 Å². The highest BCUT2D eigenvalue weighted by molar-refractivity contribution is 6.06. The number of likely N-dealkylation sites (N-methyl/N-ethyl adjacent to an activating group) is 1. The Hall–Kier alpha value is -2.83. The molecule has 0 N–H and O–H groups in total. The zero-order chi connectivity index (χ0) is 20.9. The molecule has 4 rings (SSSR count). The van der Waals surface area contributed by atoms with E-state index in [4.69, 9.17) is 4.74 Å². The molecule has 1 unspecified atom stereocenters. The van der Waals surface area contributed by atoms with Crippen LogP contribution in [0.2, 0.25) is 0 Å². The SMILES string of the molecule is CC1CC=C(c2ccc3c4n(nc3c2)CCN(C)C4=O)N(C(=O)OC(C)(C)C)C1. The van der Waals surface area contributed by atoms with E-state index in [9.17, 15) is 9.59 Å². The van der Waals surface area contributed by atoms with E-state index in [2.05, 4.69) is 18.1 Å². The van der Waals surface area contributed by atoms with Crippen molar-refractivity contribution in [3.05, 3.63) is 35.5 Å². The molecule has 0 bridgehead atoms. The lowest BCUT2D eigenvalue weighted by Crippen LogP contribution is -2.39. The van der Waals surface area contributed by atoms with Gasteiger partial charge in [0.05, 0.1) is 17.8 Å². The van der Waals surface area contributed by atoms with Crippen LogP contribution in [0.1, 0.15) is 50.2 Å². The molecule has 1 aromatic carbocycles. The number of allylic oxidation sites excluding steroid dienone is 1. The van der Waals surface area contributed by atoms with Crippen LogP contribution in [0.3, 0.4) is 0 Å². The van der Waals surface area contributed by atoms with Gasteiger partial charge in [-0.1, -0.05) is 19.1 Å². The average molecular weight is 396 g/mol. The molecule has 2 aliphatic heterocycles. The lowest BCUT2D eigenvalue weighted by Gasteiger charge is -2.33. The Morgan fingerprint density at radius 3 is 2.72 bits per heavy atom. The summed E-state index contributed by atoms with van der Waals surface area (Å²) in [5, 5.41) is 5.49. The summed E-state index contributed by atoms with van der Waals surface area (Å²) >= 11 is 0. The second kappa shape index (κ2) is 6.90. The summed E-state index contributed by atoms with van der Waals surface area (Å²) in [6.45, 7) is 9.70. The summed E-state index contributed by atoms with van der Waals surface area (Å²) in [6.07, 6.45) is 2.65. The Morgan fingerprint density at radius 1 is 1.24 bits per heavy atom. The van der Waals surface area contributed by atoms with Gasteiger partial charge in [-0.25, -0.2) is 4.79 Å². The third-order valence-corrected chi connectivity index (χ3v) is 5.34. The van der Waals surface area contributed by atoms with Gasteiger partial charge in [0.2, 0.25) is 0 Å². The van der Waals surface area contributed by atoms with Crippen LogP contribution < -0.4 is 0 Å². The van der Waals surface area contributed by atoms with Crippen molar-refractivity contribution < 1.29 is 14.3 Å². The summed E-state index contributed by atoms with van der Waals surface area (Å²) in [4.78, 5) is 28.9. The second-order valence-electron chi connectivity index (χ2n) is 9.05. The number of nitrogens with zero attached hydrogens (tertiary/aromatic N) is 4. The second-order valence-corrected chi connectivity index (χ2v) is 9.05. The fourth-order valence-electron chi connectivity index (χ4n) is 3.88. The van der Waals surface area contributed by atoms with Crippen molar-refractivity contribution >= 4 is 28.6 Å². The number of benzene rings is 1. The smallest absolute Gasteiger partial charge is 0.414 e. The van der Waals surface area contributed by atoms with Gasteiger partial charge in [-0.05, 0) is 45.2 Å². The van der Waals surface area contributed by atoms with Crippen molar-refractivity contribution in [2.24, 2.45) is 5.92 Å². The molecule has 2 aliphatic rings. The quantitative estimate of drug-likeness (QED) is 0.736. The van der Waals surface area contributed by atoms with Crippen LogP contribution in [0.4, 0.5) is 4.79 Å². The van der Waals surface area contributed by atoms with E-state index < -0.39 is 5.60 Å². The number of hydrogen-bond donors (Lipinski definition) is 0. The Morgan fingerprint density at radius 2 is 2.00 bits per heavy atom. The average Bonchev–Trinajstić information content (AvgIpc) is 3.01. The highest BCUT2D eigenvalue weighted by atomic mass is 16.6. The Balaban J connectivity index is 1.73. The molecule has 154 valence electrons. The van der Waals surface area contributed by atoms with Crippen molar-refractivity contribution in [3.8, 4) is 0 Å². The van der Waals surface area contributed by atoms with E-state index in [0.29, 0.717) is 31.2 Å². The number of ether oxygens (including phenoxy) is 1. The predicted octanol–water partition coefficient (Wildman–Crippen LogP) is 3.74. The summed E-state index contributed by atoms with van der Waals surface area (Å²) in [7, 11) is 1.81. The summed E-state index contributed by atoms with van der Waals surface area (Å²) in [6, 6.07) is 5.87. The van der Waals surface area contributed by atoms with Crippen LogP contribution in [0.5, 0.6) is 0 Å². The third-order valence-electron chi connectivity index (χ3n) is 5.34. The van der Waals surface area contributed by atoms with Crippen LogP contribution in [-0.4, -0.2) is 57.3 Å². The molecule has 29 heavy (non-hydrogen) atoms. The number of amides is 2. The molecule has 0 spiro atoms. The lowest BCUT2D eigenvalue weighted by molar-refractivity contribution is 0.0327. The fraction of sp³-hybridized carbons (Fsp3) is 0.500. The minimum absolute atomic E-state index is 0.00686. The molecule has 2 amide bonds. The van der Waals surface area contributed by atoms with Crippen molar-refractivity contribution in [1.29, 1.82) is 0 Å². The summed E-state index contributed by atoms with van der Waals surface area (Å²) < 4.78 is 7.42. The monoisotopic (exact) mass is 396 g/mol. The Labute approximate surface area is 170 Å². The van der Waals surface area contributed by atoms with Crippen LogP contribution in [-0.2, 0) is 11.3 Å². The molecular weight excluding hydrogens is 368 g/mol. The largest absolute Gasteiger partial charge is 0.443 e. The van der Waals surface area contributed by atoms with Crippen LogP contribution in [0.25, 0.3) is 16.6 Å². The molecule has 1 aromatic heterocycles. The molecular formula is C22H28N4O3. The number of aromatic nitrogens is 2. The van der Waals surface area contributed by atoms with E-state index >= 15 is 0 Å². The minimum Gasteiger partial charge on any atom is -0.443 e. The summed E-state index contributed by atoms with van der Waals surface area (Å²) in [5.41, 5.74) is 2.60. The maximum absolute atomic E-state index is 12.8. The number of fused-ring (bicyclic) bond motifs is 3. The van der Waals surface area contributed by atoms with Crippen LogP contribution in [0.15, 0.2) is 24.3 Å². The topological polar surface area (TPSA) is 67.7 Å². The molecule has 2 aromatic rings. The molecule has 0 fully saturated rings. The van der Waals surface area contributed by atoms with E-state index in [1.165, 1.54) is 0 Å². The number of carbonyl (C=O) groups is 2. The van der Waals surface area contributed by atoms with Crippen molar-refractivity contribution in [2.45, 2.75) is 46.3 Å². The van der Waals surface area contributed by atoms with Gasteiger partial charge in [0.25, 0.3) is 5.91 Å². The van der Waals surface area contributed by atoms with Gasteiger partial charge in [-0.15, -0.1) is 0 Å². The first-order valence-corrected chi connectivity index (χ1v) is 10.1. The van der Waals surface area contributed by atoms with Gasteiger partial charge in [-0.3, -0.25) is 14.4 Å². The predicted molar refractivity (Wildman–Crippen MR) is 111 cm³/mol. The molecule has 7 nitrogen and oxygen atoms in total. The van der Waals surface area contributed by atoms with E-state index in [0.717, 1.165) is 28.6 Å². The number of hydrogen-bond acceptors (Lipinski definition) is 4. The van der Waals surface area contributed by atoms with E-state index in [-0.39, 0.29) is 12.0 Å². The normalized spacial score (nSPS) is 20.0. The van der Waals surface area contributed by atoms with Gasteiger partial charge < -0.3 is 9.64 Å². The molecule has 3 heterocycles. The van der Waals surface area contributed by atoms with Gasteiger partial charge >= 0.3 is 6.09 Å². The van der Waals surface area contributed by atoms with E-state index in [1.807, 2.05) is 46.0 Å². The van der Waals surface area contributed by atoms with Gasteiger partial charge in [0.1, 0.15) is 11.3 Å². The van der Waals surface area contributed by atoms with Gasteiger partial charge in [-0.2, -0.15) is 5.10 Å². The van der Waals surface area contributed by atoms with Gasteiger partial charge in [0, 0.05) is 31.1 Å². The molecule has 0 saturated heterocycles. The molecule has 1 atom stereocenters. The Bertz CT molecular complexity index is 1010. The minimum atomic E-state index is -0.553. The lowest BCUT2D eigenvalue weighted by atomic mass is 9.97. The zero-order valence-corrected chi connectivity index (χ0v) is 17.7. The first kappa shape index (κ1) is 19.5. The Kier molecular flexibility index (Phi) is 4.63. The first-order valence-electron chi connectivity index (χ1n) is 10.1. The fourth-order valence-corrected chi connectivity index (χ4v) is 3.88. The highest BCUT2D eigenvalue weighted by Crippen LogP contribution is 2.32. The standard InChI is InChI=1S/C22H28N4O3/c1-14-6-9-18(25(13-14)21(28)29-22(2,3)4)15-7-8-16-17(12-15)23-26-11-10-24(5)20(27)19(16)26/h7-9,12,14H,6,10-11,13H2,1-5H3. The number of rotatable bonds is 1. The maximum Gasteiger partial charge on any atom is 0.414 e. The van der Waals surface area contributed by atoms with Crippen molar-refractivity contribution in [3.63, 3.8) is 0 Å².